The first-order chi connectivity index (χ1) is 12.6. The average Bonchev–Trinajstić information content (AvgIpc) is 2.68. The molecule has 0 atom stereocenters. The van der Waals surface area contributed by atoms with Gasteiger partial charge in [-0.05, 0) is 43.0 Å². The Hall–Kier alpha value is -2.29. The Kier molecular flexibility index (Phi) is 13.7. The van der Waals surface area contributed by atoms with E-state index < -0.39 is 0 Å². The zero-order valence-electron chi connectivity index (χ0n) is 16.9. The molecule has 0 aliphatic carbocycles. The van der Waals surface area contributed by atoms with Crippen molar-refractivity contribution in [2.45, 2.75) is 60.3 Å². The van der Waals surface area contributed by atoms with Crippen LogP contribution in [0.2, 0.25) is 0 Å². The summed E-state index contributed by atoms with van der Waals surface area (Å²) >= 11 is 0. The molecule has 0 radical (unpaired) electrons. The van der Waals surface area contributed by atoms with Gasteiger partial charge in [-0.3, -0.25) is 4.79 Å². The highest BCUT2D eigenvalue weighted by Gasteiger charge is 2.03. The van der Waals surface area contributed by atoms with Gasteiger partial charge in [-0.25, -0.2) is 0 Å². The molecule has 26 heavy (non-hydrogen) atoms. The van der Waals surface area contributed by atoms with Gasteiger partial charge in [-0.2, -0.15) is 0 Å². The summed E-state index contributed by atoms with van der Waals surface area (Å²) in [6.07, 6.45) is 2.82. The van der Waals surface area contributed by atoms with Crippen molar-refractivity contribution in [2.24, 2.45) is 0 Å². The van der Waals surface area contributed by atoms with Crippen molar-refractivity contribution in [1.29, 1.82) is 0 Å². The molecule has 0 saturated heterocycles. The summed E-state index contributed by atoms with van der Waals surface area (Å²) in [7, 11) is 0. The number of ether oxygens (including phenoxy) is 1. The van der Waals surface area contributed by atoms with Crippen LogP contribution < -0.4 is 0 Å². The molecular formula is C23H34O3. The van der Waals surface area contributed by atoms with Gasteiger partial charge in [0.25, 0.3) is 0 Å². The highest BCUT2D eigenvalue weighted by atomic mass is 16.5. The first-order valence-corrected chi connectivity index (χ1v) is 9.62. The molecule has 2 aromatic carbocycles. The van der Waals surface area contributed by atoms with E-state index >= 15 is 0 Å². The number of carbonyl (C=O) groups excluding carboxylic acids is 1. The minimum Gasteiger partial charge on any atom is -0.508 e. The summed E-state index contributed by atoms with van der Waals surface area (Å²) < 4.78 is 5.23. The number of rotatable bonds is 7. The van der Waals surface area contributed by atoms with E-state index in [4.69, 9.17) is 4.74 Å². The molecule has 0 fully saturated rings. The van der Waals surface area contributed by atoms with Gasteiger partial charge in [0.1, 0.15) is 5.75 Å². The van der Waals surface area contributed by atoms with Gasteiger partial charge in [-0.1, -0.05) is 69.7 Å². The van der Waals surface area contributed by atoms with Crippen LogP contribution in [0.1, 0.15) is 57.2 Å². The molecule has 0 heterocycles. The van der Waals surface area contributed by atoms with Crippen molar-refractivity contribution in [3.63, 3.8) is 0 Å². The third-order valence-electron chi connectivity index (χ3n) is 3.56. The summed E-state index contributed by atoms with van der Waals surface area (Å²) in [5.41, 5.74) is 3.55. The second kappa shape index (κ2) is 15.0. The van der Waals surface area contributed by atoms with Crippen LogP contribution >= 0.6 is 0 Å². The molecule has 0 aromatic heterocycles. The molecule has 3 nitrogen and oxygen atoms in total. The lowest BCUT2D eigenvalue weighted by Crippen LogP contribution is -2.08. The summed E-state index contributed by atoms with van der Waals surface area (Å²) in [4.78, 5) is 11.7. The van der Waals surface area contributed by atoms with Crippen molar-refractivity contribution < 1.29 is 14.6 Å². The Morgan fingerprint density at radius 1 is 0.846 bits per heavy atom. The van der Waals surface area contributed by atoms with E-state index in [0.717, 1.165) is 18.4 Å². The van der Waals surface area contributed by atoms with Crippen molar-refractivity contribution in [3.05, 3.63) is 65.2 Å². The number of esters is 1. The predicted molar refractivity (Wildman–Crippen MR) is 110 cm³/mol. The van der Waals surface area contributed by atoms with Crippen molar-refractivity contribution in [3.8, 4) is 5.75 Å². The van der Waals surface area contributed by atoms with Crippen LogP contribution in [0.15, 0.2) is 48.5 Å². The first-order valence-electron chi connectivity index (χ1n) is 9.62. The summed E-state index contributed by atoms with van der Waals surface area (Å²) in [5.74, 6) is 0.0998. The van der Waals surface area contributed by atoms with Crippen molar-refractivity contribution in [1.82, 2.24) is 0 Å². The van der Waals surface area contributed by atoms with Crippen LogP contribution in [0.5, 0.6) is 5.75 Å². The standard InChI is InChI=1S/C19H22O3.2C2H6/c1-15-5-7-16(8-6-15)3-2-4-19(21)22-14-13-17-9-11-18(20)12-10-17;2*1-2/h5-12,20H,2-4,13-14H2,1H3;2*1-2H3. The molecule has 0 bridgehead atoms. The zero-order chi connectivity index (χ0) is 19.8. The molecule has 2 rings (SSSR count). The Balaban J connectivity index is 0.00000146. The van der Waals surface area contributed by atoms with E-state index in [1.165, 1.54) is 11.1 Å². The summed E-state index contributed by atoms with van der Waals surface area (Å²) in [5, 5.41) is 9.19. The maximum atomic E-state index is 11.7. The maximum Gasteiger partial charge on any atom is 0.305 e. The molecule has 3 heteroatoms. The molecule has 0 unspecified atom stereocenters. The Labute approximate surface area is 159 Å². The van der Waals surface area contributed by atoms with E-state index in [2.05, 4.69) is 31.2 Å². The number of carbonyl (C=O) groups is 1. The van der Waals surface area contributed by atoms with Gasteiger partial charge in [0, 0.05) is 12.8 Å². The maximum absolute atomic E-state index is 11.7. The molecule has 144 valence electrons. The predicted octanol–water partition coefficient (Wildman–Crippen LogP) is 5.86. The van der Waals surface area contributed by atoms with Gasteiger partial charge in [-0.15, -0.1) is 0 Å². The van der Waals surface area contributed by atoms with E-state index in [0.29, 0.717) is 19.4 Å². The van der Waals surface area contributed by atoms with Gasteiger partial charge in [0.15, 0.2) is 0 Å². The summed E-state index contributed by atoms with van der Waals surface area (Å²) in [6, 6.07) is 15.3. The average molecular weight is 359 g/mol. The van der Waals surface area contributed by atoms with Crippen LogP contribution in [0.4, 0.5) is 0 Å². The quantitative estimate of drug-likeness (QED) is 0.630. The summed E-state index contributed by atoms with van der Waals surface area (Å²) in [6.45, 7) is 10.4. The van der Waals surface area contributed by atoms with Crippen LogP contribution in [0.3, 0.4) is 0 Å². The van der Waals surface area contributed by atoms with Crippen molar-refractivity contribution in [2.75, 3.05) is 6.61 Å². The number of aromatic hydroxyl groups is 1. The second-order valence-electron chi connectivity index (χ2n) is 5.48. The van der Waals surface area contributed by atoms with E-state index in [9.17, 15) is 9.90 Å². The Morgan fingerprint density at radius 2 is 1.35 bits per heavy atom. The number of hydrogen-bond acceptors (Lipinski definition) is 3. The normalized spacial score (nSPS) is 9.27. The largest absolute Gasteiger partial charge is 0.508 e. The fourth-order valence-corrected chi connectivity index (χ4v) is 2.21. The van der Waals surface area contributed by atoms with E-state index in [1.807, 2.05) is 39.8 Å². The fourth-order valence-electron chi connectivity index (χ4n) is 2.21. The molecule has 0 spiro atoms. The van der Waals surface area contributed by atoms with Gasteiger partial charge in [0.2, 0.25) is 0 Å². The van der Waals surface area contributed by atoms with Gasteiger partial charge >= 0.3 is 5.97 Å². The fraction of sp³-hybridized carbons (Fsp3) is 0.435. The number of phenolic OH excluding ortho intramolecular Hbond substituents is 1. The Bertz CT molecular complexity index is 532. The smallest absolute Gasteiger partial charge is 0.305 e. The third kappa shape index (κ3) is 10.5. The molecule has 0 aliphatic rings. The number of hydrogen-bond donors (Lipinski definition) is 1. The van der Waals surface area contributed by atoms with Gasteiger partial charge in [0.05, 0.1) is 6.61 Å². The first kappa shape index (κ1) is 23.7. The molecular weight excluding hydrogens is 324 g/mol. The Morgan fingerprint density at radius 3 is 1.92 bits per heavy atom. The lowest BCUT2D eigenvalue weighted by Gasteiger charge is -2.06. The number of benzene rings is 2. The third-order valence-corrected chi connectivity index (χ3v) is 3.56. The lowest BCUT2D eigenvalue weighted by atomic mass is 10.1. The van der Waals surface area contributed by atoms with Crippen LogP contribution in [0, 0.1) is 6.92 Å². The lowest BCUT2D eigenvalue weighted by molar-refractivity contribution is -0.143. The van der Waals surface area contributed by atoms with Crippen LogP contribution in [0.25, 0.3) is 0 Å². The number of aryl methyl sites for hydroxylation is 2. The molecule has 0 aliphatic heterocycles. The molecule has 0 saturated carbocycles. The number of phenols is 1. The van der Waals surface area contributed by atoms with Gasteiger partial charge < -0.3 is 9.84 Å². The highest BCUT2D eigenvalue weighted by molar-refractivity contribution is 5.69. The monoisotopic (exact) mass is 358 g/mol. The minimum absolute atomic E-state index is 0.147. The second-order valence-corrected chi connectivity index (χ2v) is 5.48. The SMILES string of the molecule is CC.CC.Cc1ccc(CCCC(=O)OCCc2ccc(O)cc2)cc1. The molecule has 0 amide bonds. The van der Waals surface area contributed by atoms with Crippen LogP contribution in [-0.4, -0.2) is 17.7 Å². The molecule has 2 aromatic rings. The zero-order valence-corrected chi connectivity index (χ0v) is 16.9. The van der Waals surface area contributed by atoms with Crippen molar-refractivity contribution >= 4 is 5.97 Å². The molecule has 1 N–H and O–H groups in total. The minimum atomic E-state index is -0.147. The van der Waals surface area contributed by atoms with E-state index in [1.54, 1.807) is 12.1 Å². The van der Waals surface area contributed by atoms with E-state index in [-0.39, 0.29) is 11.7 Å². The van der Waals surface area contributed by atoms with Crippen LogP contribution in [-0.2, 0) is 22.4 Å². The highest BCUT2D eigenvalue weighted by Crippen LogP contribution is 2.11. The topological polar surface area (TPSA) is 46.5 Å².